The van der Waals surface area contributed by atoms with Crippen LogP contribution in [0, 0.1) is 0 Å². The highest BCUT2D eigenvalue weighted by molar-refractivity contribution is 8.18. The van der Waals surface area contributed by atoms with Crippen molar-refractivity contribution in [3.05, 3.63) is 58.0 Å². The molecule has 2 aromatic carbocycles. The molecule has 1 heterocycles. The van der Waals surface area contributed by atoms with Crippen LogP contribution in [0.15, 0.2) is 52.4 Å². The summed E-state index contributed by atoms with van der Waals surface area (Å²) in [6, 6.07) is 10.9. The topological polar surface area (TPSA) is 114 Å². The molecule has 4 N–H and O–H groups in total. The Labute approximate surface area is 163 Å². The van der Waals surface area contributed by atoms with Gasteiger partial charge in [0.15, 0.2) is 11.8 Å². The minimum Gasteiger partial charge on any atom is -0.508 e. The Balaban J connectivity index is 1.70. The van der Waals surface area contributed by atoms with Crippen LogP contribution in [0.3, 0.4) is 0 Å². The molecule has 0 bridgehead atoms. The quantitative estimate of drug-likeness (QED) is 0.522. The third kappa shape index (κ3) is 5.02. The van der Waals surface area contributed by atoms with Gasteiger partial charge in [0.25, 0.3) is 11.8 Å². The molecule has 2 aromatic rings. The molecule has 3 rings (SSSR count). The molecule has 0 aromatic heterocycles. The molecular weight excluding hydrogens is 390 g/mol. The van der Waals surface area contributed by atoms with Gasteiger partial charge in [-0.05, 0) is 60.3 Å². The molecule has 27 heavy (non-hydrogen) atoms. The van der Waals surface area contributed by atoms with E-state index in [4.69, 9.17) is 22.1 Å². The van der Waals surface area contributed by atoms with Gasteiger partial charge in [0.2, 0.25) is 0 Å². The number of phenolic OH excluding ortho intramolecular Hbond substituents is 1. The maximum Gasteiger partial charge on any atom is 0.286 e. The molecule has 0 spiro atoms. The highest BCUT2D eigenvalue weighted by Gasteiger charge is 2.20. The summed E-state index contributed by atoms with van der Waals surface area (Å²) in [5, 5.41) is 12.5. The van der Waals surface area contributed by atoms with Crippen LogP contribution in [0.5, 0.6) is 11.5 Å². The van der Waals surface area contributed by atoms with E-state index in [1.165, 1.54) is 12.1 Å². The van der Waals surface area contributed by atoms with Gasteiger partial charge in [0.05, 0.1) is 4.91 Å². The number of nitrogens with one attached hydrogen (secondary N) is 1. The molecule has 2 amide bonds. The first-order valence-corrected chi connectivity index (χ1v) is 8.89. The number of rotatable bonds is 5. The van der Waals surface area contributed by atoms with Gasteiger partial charge in [0.1, 0.15) is 11.5 Å². The summed E-state index contributed by atoms with van der Waals surface area (Å²) in [4.78, 5) is 27.8. The Bertz CT molecular complexity index is 958. The number of hydrogen-bond acceptors (Lipinski definition) is 6. The maximum atomic E-state index is 12.1. The van der Waals surface area contributed by atoms with Gasteiger partial charge in [-0.3, -0.25) is 9.59 Å². The van der Waals surface area contributed by atoms with Gasteiger partial charge in [0, 0.05) is 16.3 Å². The fourth-order valence-electron chi connectivity index (χ4n) is 2.22. The van der Waals surface area contributed by atoms with E-state index in [9.17, 15) is 14.7 Å². The number of carbonyl (C=O) groups excluding carboxylic acids is 2. The zero-order valence-electron chi connectivity index (χ0n) is 13.8. The summed E-state index contributed by atoms with van der Waals surface area (Å²) in [5.41, 5.74) is 6.60. The summed E-state index contributed by atoms with van der Waals surface area (Å²) in [7, 11) is 0. The molecule has 9 heteroatoms. The van der Waals surface area contributed by atoms with Crippen LogP contribution in [-0.2, 0) is 9.59 Å². The van der Waals surface area contributed by atoms with Crippen LogP contribution < -0.4 is 15.8 Å². The van der Waals surface area contributed by atoms with Crippen LogP contribution in [-0.4, -0.2) is 28.7 Å². The molecule has 0 saturated heterocycles. The van der Waals surface area contributed by atoms with Crippen molar-refractivity contribution < 1.29 is 19.4 Å². The molecule has 1 aliphatic rings. The average Bonchev–Trinajstić information content (AvgIpc) is 2.93. The molecular formula is C18H14ClN3O4S. The number of aliphatic imine (C=N–C) groups is 1. The zero-order chi connectivity index (χ0) is 19.4. The smallest absolute Gasteiger partial charge is 0.286 e. The largest absolute Gasteiger partial charge is 0.508 e. The van der Waals surface area contributed by atoms with Crippen molar-refractivity contribution in [2.24, 2.45) is 10.7 Å². The summed E-state index contributed by atoms with van der Waals surface area (Å²) in [6.07, 6.45) is 1.56. The van der Waals surface area contributed by atoms with Crippen LogP contribution in [0.2, 0.25) is 5.02 Å². The molecule has 7 nitrogen and oxygen atoms in total. The summed E-state index contributed by atoms with van der Waals surface area (Å²) in [5.74, 6) is -0.333. The number of anilines is 1. The van der Waals surface area contributed by atoms with Crippen molar-refractivity contribution >= 4 is 52.1 Å². The Morgan fingerprint density at radius 2 is 2.04 bits per heavy atom. The zero-order valence-corrected chi connectivity index (χ0v) is 15.4. The number of thioether (sulfide) groups is 1. The summed E-state index contributed by atoms with van der Waals surface area (Å²) >= 11 is 7.07. The maximum absolute atomic E-state index is 12.1. The van der Waals surface area contributed by atoms with E-state index in [2.05, 4.69) is 10.3 Å². The number of carbonyl (C=O) groups is 2. The SMILES string of the molecule is NC1=NC(=O)/C(=C/c2cc(Cl)ccc2OCC(=O)Nc2ccc(O)cc2)S1. The van der Waals surface area contributed by atoms with Crippen LogP contribution in [0.4, 0.5) is 5.69 Å². The number of aromatic hydroxyl groups is 1. The standard InChI is InChI=1S/C18H14ClN3O4S/c19-11-1-6-14(10(7-11)8-15-17(25)22-18(20)27-15)26-9-16(24)21-12-2-4-13(23)5-3-12/h1-8,23H,9H2,(H,21,24)(H2,20,22,25)/b15-8-. The average molecular weight is 404 g/mol. The van der Waals surface area contributed by atoms with Crippen LogP contribution in [0.1, 0.15) is 5.56 Å². The van der Waals surface area contributed by atoms with Gasteiger partial charge >= 0.3 is 0 Å². The third-order valence-electron chi connectivity index (χ3n) is 3.41. The second-order valence-corrected chi connectivity index (χ2v) is 6.93. The highest BCUT2D eigenvalue weighted by Crippen LogP contribution is 2.31. The third-order valence-corrected chi connectivity index (χ3v) is 4.45. The molecule has 138 valence electrons. The first-order valence-electron chi connectivity index (χ1n) is 7.70. The minimum atomic E-state index is -0.437. The van der Waals surface area contributed by atoms with Gasteiger partial charge in [-0.15, -0.1) is 0 Å². The monoisotopic (exact) mass is 403 g/mol. The highest BCUT2D eigenvalue weighted by atomic mass is 35.5. The summed E-state index contributed by atoms with van der Waals surface area (Å²) < 4.78 is 5.57. The Morgan fingerprint density at radius 1 is 1.30 bits per heavy atom. The van der Waals surface area contributed by atoms with E-state index in [1.807, 2.05) is 0 Å². The van der Waals surface area contributed by atoms with Crippen molar-refractivity contribution in [2.45, 2.75) is 0 Å². The Hall–Kier alpha value is -2.97. The molecule has 0 fully saturated rings. The van der Waals surface area contributed by atoms with Gasteiger partial charge in [-0.2, -0.15) is 4.99 Å². The van der Waals surface area contributed by atoms with E-state index < -0.39 is 5.91 Å². The second kappa shape index (κ2) is 8.15. The second-order valence-electron chi connectivity index (χ2n) is 5.43. The lowest BCUT2D eigenvalue weighted by molar-refractivity contribution is -0.118. The normalized spacial score (nSPS) is 14.9. The van der Waals surface area contributed by atoms with Gasteiger partial charge in [-0.1, -0.05) is 11.6 Å². The van der Waals surface area contributed by atoms with Crippen LogP contribution in [0.25, 0.3) is 6.08 Å². The van der Waals surface area contributed by atoms with Crippen molar-refractivity contribution in [1.29, 1.82) is 0 Å². The first kappa shape index (κ1) is 18.8. The summed E-state index contributed by atoms with van der Waals surface area (Å²) in [6.45, 7) is -0.252. The Kier molecular flexibility index (Phi) is 5.68. The van der Waals surface area contributed by atoms with Crippen molar-refractivity contribution in [2.75, 3.05) is 11.9 Å². The number of nitrogens with two attached hydrogens (primary N) is 1. The predicted octanol–water partition coefficient (Wildman–Crippen LogP) is 2.99. The molecule has 1 aliphatic heterocycles. The van der Waals surface area contributed by atoms with Crippen molar-refractivity contribution in [3.63, 3.8) is 0 Å². The number of phenols is 1. The van der Waals surface area contributed by atoms with E-state index in [1.54, 1.807) is 36.4 Å². The van der Waals surface area contributed by atoms with Crippen LogP contribution >= 0.6 is 23.4 Å². The fourth-order valence-corrected chi connectivity index (χ4v) is 3.07. The number of amidine groups is 1. The van der Waals surface area contributed by atoms with E-state index in [0.717, 1.165) is 11.8 Å². The number of nitrogens with zero attached hydrogens (tertiary/aromatic N) is 1. The lowest BCUT2D eigenvalue weighted by atomic mass is 10.2. The molecule has 0 aliphatic carbocycles. The van der Waals surface area contributed by atoms with Crippen molar-refractivity contribution in [1.82, 2.24) is 0 Å². The molecule has 0 radical (unpaired) electrons. The van der Waals surface area contributed by atoms with Gasteiger partial charge in [-0.25, -0.2) is 0 Å². The molecule has 0 saturated carbocycles. The molecule has 0 unspecified atom stereocenters. The fraction of sp³-hybridized carbons (Fsp3) is 0.0556. The number of hydrogen-bond donors (Lipinski definition) is 3. The number of benzene rings is 2. The number of amides is 2. The number of halogens is 1. The predicted molar refractivity (Wildman–Crippen MR) is 106 cm³/mol. The molecule has 0 atom stereocenters. The minimum absolute atomic E-state index is 0.104. The lowest BCUT2D eigenvalue weighted by Crippen LogP contribution is -2.20. The van der Waals surface area contributed by atoms with E-state index >= 15 is 0 Å². The van der Waals surface area contributed by atoms with Crippen molar-refractivity contribution in [3.8, 4) is 11.5 Å². The van der Waals surface area contributed by atoms with E-state index in [0.29, 0.717) is 26.9 Å². The Morgan fingerprint density at radius 3 is 2.70 bits per heavy atom. The number of ether oxygens (including phenoxy) is 1. The lowest BCUT2D eigenvalue weighted by Gasteiger charge is -2.11. The van der Waals surface area contributed by atoms with Gasteiger partial charge < -0.3 is 20.9 Å². The first-order chi connectivity index (χ1) is 12.9. The van der Waals surface area contributed by atoms with E-state index in [-0.39, 0.29) is 23.4 Å².